The molecule has 0 aliphatic carbocycles. The van der Waals surface area contributed by atoms with E-state index in [9.17, 15) is 20.4 Å². The molecule has 0 spiro atoms. The summed E-state index contributed by atoms with van der Waals surface area (Å²) >= 11 is 0. The molecule has 0 fully saturated rings. The first-order valence-corrected chi connectivity index (χ1v) is 8.55. The van der Waals surface area contributed by atoms with Crippen LogP contribution in [0.1, 0.15) is 18.1 Å². The fourth-order valence-corrected chi connectivity index (χ4v) is 3.98. The van der Waals surface area contributed by atoms with Crippen molar-refractivity contribution in [2.45, 2.75) is 25.8 Å². The minimum atomic E-state index is -0.0928. The van der Waals surface area contributed by atoms with Gasteiger partial charge in [0.25, 0.3) is 0 Å². The maximum Gasteiger partial charge on any atom is 0.159 e. The fraction of sp³-hybridized carbons (Fsp3) is 0.368. The third kappa shape index (κ3) is 2.58. The number of hydrogen-bond acceptors (Lipinski definition) is 6. The normalized spacial score (nSPS) is 16.8. The molecule has 0 saturated heterocycles. The lowest BCUT2D eigenvalue weighted by Gasteiger charge is -2.32. The van der Waals surface area contributed by atoms with Crippen LogP contribution in [0.15, 0.2) is 24.3 Å². The van der Waals surface area contributed by atoms with Crippen molar-refractivity contribution in [1.29, 1.82) is 0 Å². The highest BCUT2D eigenvalue weighted by molar-refractivity contribution is 5.67. The molecule has 1 atom stereocenters. The highest BCUT2D eigenvalue weighted by Gasteiger charge is 2.29. The van der Waals surface area contributed by atoms with E-state index in [1.807, 2.05) is 0 Å². The first-order chi connectivity index (χ1) is 11.9. The number of anilines is 2. The smallest absolute Gasteiger partial charge is 0.159 e. The van der Waals surface area contributed by atoms with E-state index < -0.39 is 0 Å². The van der Waals surface area contributed by atoms with Crippen LogP contribution in [0.4, 0.5) is 11.4 Å². The zero-order valence-electron chi connectivity index (χ0n) is 14.1. The second-order valence-corrected chi connectivity index (χ2v) is 6.93. The van der Waals surface area contributed by atoms with Gasteiger partial charge < -0.3 is 30.2 Å². The van der Waals surface area contributed by atoms with E-state index in [0.29, 0.717) is 0 Å². The summed E-state index contributed by atoms with van der Waals surface area (Å²) in [7, 11) is 0. The number of nitrogens with zero attached hydrogens (tertiary/aromatic N) is 2. The molecule has 0 radical (unpaired) electrons. The van der Waals surface area contributed by atoms with Crippen molar-refractivity contribution in [2.24, 2.45) is 0 Å². The van der Waals surface area contributed by atoms with Gasteiger partial charge in [0, 0.05) is 49.2 Å². The molecular formula is C19H22N2O4. The monoisotopic (exact) mass is 342 g/mol. The summed E-state index contributed by atoms with van der Waals surface area (Å²) in [6, 6.07) is 6.75. The van der Waals surface area contributed by atoms with Crippen LogP contribution in [-0.2, 0) is 12.8 Å². The Balaban J connectivity index is 1.55. The molecule has 4 N–H and O–H groups in total. The van der Waals surface area contributed by atoms with Gasteiger partial charge in [0.1, 0.15) is 0 Å². The summed E-state index contributed by atoms with van der Waals surface area (Å²) in [5, 5.41) is 38.9. The molecule has 25 heavy (non-hydrogen) atoms. The van der Waals surface area contributed by atoms with Gasteiger partial charge in [-0.1, -0.05) is 0 Å². The molecule has 0 aromatic heterocycles. The second kappa shape index (κ2) is 5.65. The molecule has 4 rings (SSSR count). The molecule has 0 amide bonds. The molecular weight excluding hydrogens is 320 g/mol. The van der Waals surface area contributed by atoms with Crippen molar-refractivity contribution < 1.29 is 20.4 Å². The van der Waals surface area contributed by atoms with Gasteiger partial charge in [-0.25, -0.2) is 0 Å². The van der Waals surface area contributed by atoms with E-state index in [4.69, 9.17) is 0 Å². The molecule has 0 saturated carbocycles. The molecule has 2 aliphatic heterocycles. The van der Waals surface area contributed by atoms with Crippen LogP contribution in [0, 0.1) is 0 Å². The number of benzene rings is 2. The molecule has 6 nitrogen and oxygen atoms in total. The Bertz CT molecular complexity index is 837. The zero-order valence-corrected chi connectivity index (χ0v) is 14.1. The third-order valence-corrected chi connectivity index (χ3v) is 5.29. The molecule has 2 aliphatic rings. The van der Waals surface area contributed by atoms with E-state index in [1.54, 1.807) is 24.3 Å². The van der Waals surface area contributed by atoms with E-state index in [0.717, 1.165) is 55.0 Å². The Morgan fingerprint density at radius 1 is 0.800 bits per heavy atom. The average Bonchev–Trinajstić information content (AvgIpc) is 3.13. The summed E-state index contributed by atoms with van der Waals surface area (Å²) in [6.45, 7) is 4.61. The van der Waals surface area contributed by atoms with Crippen LogP contribution in [0.2, 0.25) is 0 Å². The first-order valence-electron chi connectivity index (χ1n) is 8.55. The minimum Gasteiger partial charge on any atom is -0.504 e. The Kier molecular flexibility index (Phi) is 3.56. The Hall–Kier alpha value is -2.76. The van der Waals surface area contributed by atoms with Crippen LogP contribution < -0.4 is 9.80 Å². The van der Waals surface area contributed by atoms with Gasteiger partial charge in [-0.2, -0.15) is 0 Å². The van der Waals surface area contributed by atoms with Crippen molar-refractivity contribution in [2.75, 3.05) is 29.4 Å². The molecule has 2 aromatic carbocycles. The average molecular weight is 342 g/mol. The van der Waals surface area contributed by atoms with E-state index in [-0.39, 0.29) is 29.0 Å². The van der Waals surface area contributed by atoms with Gasteiger partial charge >= 0.3 is 0 Å². The Labute approximate surface area is 146 Å². The highest BCUT2D eigenvalue weighted by atomic mass is 16.3. The predicted molar refractivity (Wildman–Crippen MR) is 96.0 cm³/mol. The molecule has 132 valence electrons. The largest absolute Gasteiger partial charge is 0.504 e. The Morgan fingerprint density at radius 2 is 1.32 bits per heavy atom. The number of fused-ring (bicyclic) bond motifs is 2. The van der Waals surface area contributed by atoms with Crippen LogP contribution in [0.5, 0.6) is 23.0 Å². The third-order valence-electron chi connectivity index (χ3n) is 5.29. The van der Waals surface area contributed by atoms with Gasteiger partial charge in [-0.15, -0.1) is 0 Å². The van der Waals surface area contributed by atoms with Gasteiger partial charge in [0.15, 0.2) is 23.0 Å². The topological polar surface area (TPSA) is 87.4 Å². The number of hydrogen-bond donors (Lipinski definition) is 4. The lowest BCUT2D eigenvalue weighted by molar-refractivity contribution is 0.403. The van der Waals surface area contributed by atoms with Crippen LogP contribution in [0.3, 0.4) is 0 Å². The Morgan fingerprint density at radius 3 is 2.00 bits per heavy atom. The lowest BCUT2D eigenvalue weighted by atomic mass is 10.1. The fourth-order valence-electron chi connectivity index (χ4n) is 3.98. The summed E-state index contributed by atoms with van der Waals surface area (Å²) in [4.78, 5) is 4.46. The van der Waals surface area contributed by atoms with Gasteiger partial charge in [-0.05, 0) is 43.0 Å². The highest BCUT2D eigenvalue weighted by Crippen LogP contribution is 2.40. The number of phenols is 4. The predicted octanol–water partition coefficient (Wildman–Crippen LogP) is 2.32. The minimum absolute atomic E-state index is 0.0719. The van der Waals surface area contributed by atoms with Crippen LogP contribution in [0.25, 0.3) is 0 Å². The molecule has 2 aromatic rings. The lowest BCUT2D eigenvalue weighted by Crippen LogP contribution is -2.41. The second-order valence-electron chi connectivity index (χ2n) is 6.93. The van der Waals surface area contributed by atoms with Gasteiger partial charge in [0.05, 0.1) is 0 Å². The standard InChI is InChI=1S/C19H22N2O4/c1-11(21-5-3-13-7-17(23)19(25)9-15(13)21)10-20-4-2-12-6-16(22)18(24)8-14(12)20/h6-9,11,22-25H,2-5,10H2,1H3. The van der Waals surface area contributed by atoms with Crippen LogP contribution in [-0.4, -0.2) is 46.1 Å². The quantitative estimate of drug-likeness (QED) is 0.641. The summed E-state index contributed by atoms with van der Waals surface area (Å²) in [5.74, 6) is -0.329. The van der Waals surface area contributed by atoms with Crippen LogP contribution >= 0.6 is 0 Å². The molecule has 6 heteroatoms. The van der Waals surface area contributed by atoms with E-state index in [1.165, 1.54) is 0 Å². The first kappa shape index (κ1) is 15.7. The van der Waals surface area contributed by atoms with E-state index >= 15 is 0 Å². The van der Waals surface area contributed by atoms with Gasteiger partial charge in [-0.3, -0.25) is 0 Å². The van der Waals surface area contributed by atoms with Gasteiger partial charge in [0.2, 0.25) is 0 Å². The number of aromatic hydroxyl groups is 4. The SMILES string of the molecule is CC(CN1CCc2cc(O)c(O)cc21)N1CCc2cc(O)c(O)cc21. The summed E-state index contributed by atoms with van der Waals surface area (Å²) in [5.41, 5.74) is 4.03. The molecule has 1 unspecified atom stereocenters. The summed E-state index contributed by atoms with van der Waals surface area (Å²) < 4.78 is 0. The van der Waals surface area contributed by atoms with Crippen molar-refractivity contribution in [3.63, 3.8) is 0 Å². The molecule has 0 bridgehead atoms. The summed E-state index contributed by atoms with van der Waals surface area (Å²) in [6.07, 6.45) is 1.69. The van der Waals surface area contributed by atoms with Crippen molar-refractivity contribution in [3.05, 3.63) is 35.4 Å². The van der Waals surface area contributed by atoms with Crippen molar-refractivity contribution in [1.82, 2.24) is 0 Å². The van der Waals surface area contributed by atoms with Crippen molar-refractivity contribution >= 4 is 11.4 Å². The zero-order chi connectivity index (χ0) is 17.7. The maximum absolute atomic E-state index is 9.82. The van der Waals surface area contributed by atoms with Crippen molar-refractivity contribution in [3.8, 4) is 23.0 Å². The molecule has 2 heterocycles. The number of rotatable bonds is 3. The van der Waals surface area contributed by atoms with E-state index in [2.05, 4.69) is 16.7 Å². The maximum atomic E-state index is 9.82. The number of phenolic OH excluding ortho intramolecular Hbond substituents is 4.